The van der Waals surface area contributed by atoms with Gasteiger partial charge in [0.05, 0.1) is 0 Å². The second kappa shape index (κ2) is 9.40. The summed E-state index contributed by atoms with van der Waals surface area (Å²) in [6.45, 7) is 5.97. The Morgan fingerprint density at radius 2 is 2.11 bits per heavy atom. The molecule has 0 saturated heterocycles. The number of allylic oxidation sites excluding steroid dienone is 1. The van der Waals surface area contributed by atoms with Gasteiger partial charge in [0.1, 0.15) is 0 Å². The second-order valence-corrected chi connectivity index (χ2v) is 4.21. The topological polar surface area (TPSA) is 37.3 Å². The van der Waals surface area contributed by atoms with Crippen LogP contribution in [0.1, 0.15) is 56.2 Å². The largest absolute Gasteiger partial charge is 0.481 e. The Labute approximate surface area is 139 Å². The minimum atomic E-state index is -0.781. The number of benzene rings is 1. The van der Waals surface area contributed by atoms with E-state index >= 15 is 0 Å². The van der Waals surface area contributed by atoms with E-state index in [2.05, 4.69) is 12.1 Å². The van der Waals surface area contributed by atoms with Crippen molar-refractivity contribution >= 4 is 12.0 Å². The van der Waals surface area contributed by atoms with Crippen LogP contribution >= 0.6 is 0 Å². The smallest absolute Gasteiger partial charge is 0.305 e. The van der Waals surface area contributed by atoms with Crippen molar-refractivity contribution in [2.75, 3.05) is 0 Å². The average molecular weight is 483 g/mol. The Hall–Kier alpha value is -0.518. The first kappa shape index (κ1) is 18.5. The third kappa shape index (κ3) is 5.98. The van der Waals surface area contributed by atoms with E-state index < -0.39 is 5.97 Å². The van der Waals surface area contributed by atoms with Crippen molar-refractivity contribution in [1.82, 2.24) is 0 Å². The molecule has 0 bridgehead atoms. The van der Waals surface area contributed by atoms with Crippen LogP contribution in [0.5, 0.6) is 0 Å². The van der Waals surface area contributed by atoms with Crippen molar-refractivity contribution in [3.05, 3.63) is 41.0 Å². The third-order valence-electron chi connectivity index (χ3n) is 2.79. The Bertz CT molecular complexity index is 434. The summed E-state index contributed by atoms with van der Waals surface area (Å²) in [5.74, 6) is -0.215. The molecule has 1 aromatic rings. The maximum atomic E-state index is 10.7. The predicted molar refractivity (Wildman–Crippen MR) is 74.6 cm³/mol. The monoisotopic (exact) mass is 483 g/mol. The van der Waals surface area contributed by atoms with Gasteiger partial charge in [-0.1, -0.05) is 38.7 Å². The van der Waals surface area contributed by atoms with E-state index in [1.54, 1.807) is 0 Å². The Kier molecular flexibility index (Phi) is 9.14. The molecule has 0 unspecified atom stereocenters. The number of rotatable bonds is 4. The number of hydrogen-bond acceptors (Lipinski definition) is 1. The number of aliphatic carboxylic acids is 1. The van der Waals surface area contributed by atoms with E-state index in [-0.39, 0.29) is 37.5 Å². The normalized spacial score (nSPS) is 13.4. The summed E-state index contributed by atoms with van der Waals surface area (Å²) in [6, 6.07) is 7.08. The van der Waals surface area contributed by atoms with Crippen LogP contribution in [0, 0.1) is 37.2 Å². The van der Waals surface area contributed by atoms with Crippen LogP contribution in [0.2, 0.25) is 0 Å². The van der Waals surface area contributed by atoms with Gasteiger partial charge in [0, 0.05) is 37.5 Å². The molecule has 1 aliphatic rings. The van der Waals surface area contributed by atoms with Crippen LogP contribution < -0.4 is 0 Å². The second-order valence-electron chi connectivity index (χ2n) is 4.21. The van der Waals surface area contributed by atoms with Crippen molar-refractivity contribution in [1.29, 1.82) is 0 Å². The molecule has 0 aromatic heterocycles. The van der Waals surface area contributed by atoms with Gasteiger partial charge in [-0.05, 0) is 6.92 Å². The maximum Gasteiger partial charge on any atom is 0.305 e. The Morgan fingerprint density at radius 1 is 1.47 bits per heavy atom. The summed E-state index contributed by atoms with van der Waals surface area (Å²) in [6.07, 6.45) is 6.45. The fourth-order valence-electron chi connectivity index (χ4n) is 1.91. The Balaban J connectivity index is 0.00000103. The summed E-state index contributed by atoms with van der Waals surface area (Å²) in [7, 11) is 0. The molecule has 0 spiro atoms. The molecule has 1 saturated carbocycles. The molecule has 0 amide bonds. The number of carboxylic acid groups (broad SMARTS) is 1. The zero-order valence-electron chi connectivity index (χ0n) is 11.9. The number of carboxylic acids is 1. The molecule has 3 heteroatoms. The van der Waals surface area contributed by atoms with E-state index in [4.69, 9.17) is 5.11 Å². The molecule has 102 valence electrons. The van der Waals surface area contributed by atoms with Crippen LogP contribution in [0.15, 0.2) is 18.2 Å². The molecule has 1 aliphatic carbocycles. The molecule has 1 fully saturated rings. The third-order valence-corrected chi connectivity index (χ3v) is 2.79. The van der Waals surface area contributed by atoms with Gasteiger partial charge in [0.15, 0.2) is 0 Å². The van der Waals surface area contributed by atoms with E-state index in [9.17, 15) is 4.79 Å². The zero-order valence-corrected chi connectivity index (χ0v) is 16.0. The minimum absolute atomic E-state index is 0. The number of carbonyl (C=O) groups is 1. The van der Waals surface area contributed by atoms with E-state index in [1.807, 2.05) is 39.0 Å². The molecular formula is C16H21O2U-. The molecular weight excluding hydrogens is 462 g/mol. The molecule has 1 aromatic carbocycles. The summed E-state index contributed by atoms with van der Waals surface area (Å²) in [5, 5.41) is 8.83. The predicted octanol–water partition coefficient (Wildman–Crippen LogP) is 4.05. The fourth-order valence-corrected chi connectivity index (χ4v) is 1.91. The molecule has 0 aliphatic heterocycles. The molecule has 1 N–H and O–H groups in total. The van der Waals surface area contributed by atoms with Crippen LogP contribution in [-0.2, 0) is 11.2 Å². The van der Waals surface area contributed by atoms with Crippen LogP contribution in [0.25, 0.3) is 6.08 Å². The first-order chi connectivity index (χ1) is 8.70. The first-order valence-corrected chi connectivity index (χ1v) is 6.59. The van der Waals surface area contributed by atoms with Gasteiger partial charge < -0.3 is 5.11 Å². The van der Waals surface area contributed by atoms with Crippen LogP contribution in [0.4, 0.5) is 0 Å². The van der Waals surface area contributed by atoms with Gasteiger partial charge in [-0.3, -0.25) is 4.79 Å². The minimum Gasteiger partial charge on any atom is -0.481 e. The van der Waals surface area contributed by atoms with Crippen molar-refractivity contribution in [2.45, 2.75) is 46.0 Å². The van der Waals surface area contributed by atoms with Crippen molar-refractivity contribution in [3.63, 3.8) is 0 Å². The summed E-state index contributed by atoms with van der Waals surface area (Å²) >= 11 is 0. The summed E-state index contributed by atoms with van der Waals surface area (Å²) < 4.78 is 0. The summed E-state index contributed by atoms with van der Waals surface area (Å²) in [5.41, 5.74) is 3.14. The number of hydrogen-bond donors (Lipinski definition) is 1. The summed E-state index contributed by atoms with van der Waals surface area (Å²) in [4.78, 5) is 10.7. The van der Waals surface area contributed by atoms with Gasteiger partial charge in [-0.15, -0.1) is 22.8 Å². The van der Waals surface area contributed by atoms with Gasteiger partial charge in [-0.2, -0.15) is 18.2 Å². The molecule has 19 heavy (non-hydrogen) atoms. The maximum absolute atomic E-state index is 10.7. The molecule has 0 radical (unpaired) electrons. The zero-order chi connectivity index (χ0) is 13.5. The quantitative estimate of drug-likeness (QED) is 0.657. The molecule has 0 heterocycles. The van der Waals surface area contributed by atoms with E-state index in [0.29, 0.717) is 5.92 Å². The first-order valence-electron chi connectivity index (χ1n) is 6.59. The fraction of sp³-hybridized carbons (Fsp3) is 0.438. The molecule has 2 nitrogen and oxygen atoms in total. The van der Waals surface area contributed by atoms with Gasteiger partial charge in [0.2, 0.25) is 0 Å². The van der Waals surface area contributed by atoms with Crippen molar-refractivity contribution < 1.29 is 41.0 Å². The molecule has 2 rings (SSSR count). The van der Waals surface area contributed by atoms with Crippen molar-refractivity contribution in [3.8, 4) is 0 Å². The van der Waals surface area contributed by atoms with E-state index in [1.165, 1.54) is 18.4 Å². The SMILES string of the molecule is C/C=C/c1c[c-]c(CC(=O)O)c(C2CC2)c1.CC.[U]. The van der Waals surface area contributed by atoms with Crippen LogP contribution in [-0.4, -0.2) is 11.1 Å². The average Bonchev–Trinajstić information content (AvgIpc) is 3.17. The van der Waals surface area contributed by atoms with Crippen molar-refractivity contribution in [2.24, 2.45) is 0 Å². The van der Waals surface area contributed by atoms with E-state index in [0.717, 1.165) is 11.1 Å². The molecule has 0 atom stereocenters. The van der Waals surface area contributed by atoms with Gasteiger partial charge in [-0.25, -0.2) is 0 Å². The van der Waals surface area contributed by atoms with Gasteiger partial charge >= 0.3 is 5.97 Å². The van der Waals surface area contributed by atoms with Crippen LogP contribution in [0.3, 0.4) is 0 Å². The standard InChI is InChI=1S/C14H15O2.C2H6.U/c1-2-3-10-4-5-12(9-14(15)16)13(8-10)11-6-7-11;1-2;/h2-4,8,11H,6-7,9H2,1H3,(H,15,16);1-2H3;/q-1;;/b3-2+;;. The Morgan fingerprint density at radius 3 is 2.58 bits per heavy atom. The van der Waals surface area contributed by atoms with Gasteiger partial charge in [0.25, 0.3) is 0 Å².